The lowest BCUT2D eigenvalue weighted by Crippen LogP contribution is -2.33. The molecule has 102 valence electrons. The molecule has 0 spiro atoms. The van der Waals surface area contributed by atoms with E-state index in [1.54, 1.807) is 0 Å². The van der Waals surface area contributed by atoms with Crippen molar-refractivity contribution in [3.8, 4) is 0 Å². The van der Waals surface area contributed by atoms with Crippen molar-refractivity contribution in [3.63, 3.8) is 0 Å². The van der Waals surface area contributed by atoms with Crippen LogP contribution in [0.4, 0.5) is 5.69 Å². The smallest absolute Gasteiger partial charge is 0.238 e. The van der Waals surface area contributed by atoms with E-state index in [1.165, 1.54) is 12.0 Å². The molecule has 19 heavy (non-hydrogen) atoms. The molecule has 4 nitrogen and oxygen atoms in total. The zero-order chi connectivity index (χ0) is 13.2. The number of carbonyl (C=O) groups is 1. The van der Waals surface area contributed by atoms with E-state index in [1.807, 2.05) is 18.2 Å². The topological polar surface area (TPSA) is 58.4 Å². The van der Waals surface area contributed by atoms with Crippen molar-refractivity contribution >= 4 is 11.6 Å². The molecule has 1 aliphatic heterocycles. The average Bonchev–Trinajstić information content (AvgIpc) is 2.69. The van der Waals surface area contributed by atoms with E-state index in [0.717, 1.165) is 31.6 Å². The van der Waals surface area contributed by atoms with Gasteiger partial charge in [0.05, 0.1) is 6.54 Å². The van der Waals surface area contributed by atoms with E-state index < -0.39 is 0 Å². The number of nitrogens with one attached hydrogen (secondary N) is 1. The number of anilines is 1. The van der Waals surface area contributed by atoms with Crippen LogP contribution < -0.4 is 11.1 Å². The van der Waals surface area contributed by atoms with Crippen molar-refractivity contribution in [2.75, 3.05) is 18.4 Å². The summed E-state index contributed by atoms with van der Waals surface area (Å²) in [5, 5.41) is 2.98. The summed E-state index contributed by atoms with van der Waals surface area (Å²) in [5.41, 5.74) is 8.13. The van der Waals surface area contributed by atoms with Gasteiger partial charge in [-0.15, -0.1) is 0 Å². The van der Waals surface area contributed by atoms with Gasteiger partial charge in [0.2, 0.25) is 5.91 Å². The summed E-state index contributed by atoms with van der Waals surface area (Å²) in [6, 6.07) is 8.42. The molecule has 1 amide bonds. The molecule has 0 saturated heterocycles. The molecule has 4 heteroatoms. The van der Waals surface area contributed by atoms with Gasteiger partial charge in [-0.05, 0) is 36.8 Å². The van der Waals surface area contributed by atoms with E-state index in [2.05, 4.69) is 16.3 Å². The van der Waals surface area contributed by atoms with Crippen molar-refractivity contribution in [3.05, 3.63) is 29.8 Å². The van der Waals surface area contributed by atoms with Gasteiger partial charge in [0.25, 0.3) is 0 Å². The summed E-state index contributed by atoms with van der Waals surface area (Å²) in [6.45, 7) is 2.32. The molecule has 1 aromatic carbocycles. The molecule has 1 aromatic rings. The summed E-state index contributed by atoms with van der Waals surface area (Å²) in [6.07, 6.45) is 3.42. The molecule has 1 saturated carbocycles. The van der Waals surface area contributed by atoms with E-state index >= 15 is 0 Å². The quantitative estimate of drug-likeness (QED) is 0.847. The third-order valence-corrected chi connectivity index (χ3v) is 4.15. The molecule has 0 unspecified atom stereocenters. The molecule has 1 heterocycles. The largest absolute Gasteiger partial charge is 0.328 e. The Labute approximate surface area is 114 Å². The second kappa shape index (κ2) is 5.31. The number of fused-ring (bicyclic) bond motifs is 1. The summed E-state index contributed by atoms with van der Waals surface area (Å²) in [4.78, 5) is 14.2. The number of nitrogens with two attached hydrogens (primary N) is 1. The minimum Gasteiger partial charge on any atom is -0.328 e. The molecule has 0 bridgehead atoms. The Hall–Kier alpha value is -1.39. The second-order valence-electron chi connectivity index (χ2n) is 5.81. The van der Waals surface area contributed by atoms with Crippen LogP contribution in [0.5, 0.6) is 0 Å². The van der Waals surface area contributed by atoms with Gasteiger partial charge in [-0.2, -0.15) is 0 Å². The van der Waals surface area contributed by atoms with Gasteiger partial charge < -0.3 is 11.1 Å². The summed E-state index contributed by atoms with van der Waals surface area (Å²) < 4.78 is 0. The van der Waals surface area contributed by atoms with Crippen LogP contribution in [0, 0.1) is 5.92 Å². The molecule has 1 fully saturated rings. The molecule has 2 aliphatic rings. The molecule has 0 aromatic heterocycles. The normalized spacial score (nSPS) is 27.7. The first-order valence-electron chi connectivity index (χ1n) is 7.06. The number of hydrogen-bond acceptors (Lipinski definition) is 3. The lowest BCUT2D eigenvalue weighted by Gasteiger charge is -2.22. The lowest BCUT2D eigenvalue weighted by molar-refractivity contribution is -0.117. The Balaban J connectivity index is 1.71. The fourth-order valence-electron chi connectivity index (χ4n) is 3.24. The van der Waals surface area contributed by atoms with Gasteiger partial charge in [-0.1, -0.05) is 18.2 Å². The van der Waals surface area contributed by atoms with Gasteiger partial charge in [-0.3, -0.25) is 9.69 Å². The number of benzene rings is 1. The van der Waals surface area contributed by atoms with Crippen LogP contribution in [0.3, 0.4) is 0 Å². The predicted molar refractivity (Wildman–Crippen MR) is 75.7 cm³/mol. The number of rotatable bonds is 2. The molecule has 2 atom stereocenters. The Morgan fingerprint density at radius 2 is 2.11 bits per heavy atom. The Morgan fingerprint density at radius 1 is 1.26 bits per heavy atom. The molecular weight excluding hydrogens is 238 g/mol. The highest BCUT2D eigenvalue weighted by molar-refractivity contribution is 5.93. The van der Waals surface area contributed by atoms with E-state index in [-0.39, 0.29) is 5.91 Å². The van der Waals surface area contributed by atoms with Gasteiger partial charge >= 0.3 is 0 Å². The predicted octanol–water partition coefficient (Wildman–Crippen LogP) is 1.57. The third kappa shape index (κ3) is 2.96. The van der Waals surface area contributed by atoms with Gasteiger partial charge in [0.15, 0.2) is 0 Å². The zero-order valence-electron chi connectivity index (χ0n) is 11.1. The number of nitrogens with zero attached hydrogens (tertiary/aromatic N) is 1. The molecule has 3 rings (SSSR count). The van der Waals surface area contributed by atoms with Gasteiger partial charge in [-0.25, -0.2) is 0 Å². The van der Waals surface area contributed by atoms with E-state index in [9.17, 15) is 4.79 Å². The maximum absolute atomic E-state index is 11.9. The first-order chi connectivity index (χ1) is 9.20. The third-order valence-electron chi connectivity index (χ3n) is 4.15. The van der Waals surface area contributed by atoms with Crippen molar-refractivity contribution in [2.24, 2.45) is 11.7 Å². The Bertz CT molecular complexity index is 474. The highest BCUT2D eigenvalue weighted by Crippen LogP contribution is 2.27. The van der Waals surface area contributed by atoms with E-state index in [0.29, 0.717) is 18.5 Å². The van der Waals surface area contributed by atoms with Crippen LogP contribution in [0.2, 0.25) is 0 Å². The number of para-hydroxylation sites is 1. The van der Waals surface area contributed by atoms with Crippen molar-refractivity contribution in [1.29, 1.82) is 0 Å². The van der Waals surface area contributed by atoms with Gasteiger partial charge in [0, 0.05) is 24.8 Å². The fraction of sp³-hybridized carbons (Fsp3) is 0.533. The highest BCUT2D eigenvalue weighted by Gasteiger charge is 2.26. The Morgan fingerprint density at radius 3 is 2.89 bits per heavy atom. The monoisotopic (exact) mass is 259 g/mol. The average molecular weight is 259 g/mol. The van der Waals surface area contributed by atoms with Crippen LogP contribution in [0.1, 0.15) is 24.8 Å². The number of carbonyl (C=O) groups excluding carboxylic acids is 1. The van der Waals surface area contributed by atoms with E-state index in [4.69, 9.17) is 5.73 Å². The molecule has 0 radical (unpaired) electrons. The first-order valence-corrected chi connectivity index (χ1v) is 7.06. The molecule has 3 N–H and O–H groups in total. The maximum Gasteiger partial charge on any atom is 0.238 e. The van der Waals surface area contributed by atoms with Crippen LogP contribution in [-0.2, 0) is 11.3 Å². The standard InChI is InChI=1S/C15H21N3O/c16-13-6-5-11(7-13)8-18-9-12-3-1-2-4-14(12)17-15(19)10-18/h1-4,11,13H,5-10,16H2,(H,17,19)/t11-,13+/m0/s1. The van der Waals surface area contributed by atoms with Gasteiger partial charge in [0.1, 0.15) is 0 Å². The summed E-state index contributed by atoms with van der Waals surface area (Å²) >= 11 is 0. The first kappa shape index (κ1) is 12.6. The minimum absolute atomic E-state index is 0.0900. The number of hydrogen-bond donors (Lipinski definition) is 2. The van der Waals surface area contributed by atoms with Crippen LogP contribution in [0.25, 0.3) is 0 Å². The summed E-state index contributed by atoms with van der Waals surface area (Å²) in [5.74, 6) is 0.736. The number of amides is 1. The fourth-order valence-corrected chi connectivity index (χ4v) is 3.24. The molecule has 1 aliphatic carbocycles. The molecular formula is C15H21N3O. The lowest BCUT2D eigenvalue weighted by atomic mass is 10.1. The minimum atomic E-state index is 0.0900. The van der Waals surface area contributed by atoms with Crippen molar-refractivity contribution in [1.82, 2.24) is 4.90 Å². The summed E-state index contributed by atoms with van der Waals surface area (Å²) in [7, 11) is 0. The van der Waals surface area contributed by atoms with Crippen LogP contribution >= 0.6 is 0 Å². The van der Waals surface area contributed by atoms with Crippen LogP contribution in [-0.4, -0.2) is 29.9 Å². The van der Waals surface area contributed by atoms with Crippen molar-refractivity contribution in [2.45, 2.75) is 31.8 Å². The second-order valence-corrected chi connectivity index (χ2v) is 5.81. The van der Waals surface area contributed by atoms with Crippen molar-refractivity contribution < 1.29 is 4.79 Å². The Kier molecular flexibility index (Phi) is 3.53. The zero-order valence-corrected chi connectivity index (χ0v) is 11.1. The maximum atomic E-state index is 11.9. The highest BCUT2D eigenvalue weighted by atomic mass is 16.2. The van der Waals surface area contributed by atoms with Crippen LogP contribution in [0.15, 0.2) is 24.3 Å². The SMILES string of the molecule is N[C@@H]1CC[C@H](CN2CC(=O)Nc3ccccc3C2)C1.